The lowest BCUT2D eigenvalue weighted by molar-refractivity contribution is -0.134. The highest BCUT2D eigenvalue weighted by Gasteiger charge is 2.62. The summed E-state index contributed by atoms with van der Waals surface area (Å²) in [7, 11) is 0. The van der Waals surface area contributed by atoms with Gasteiger partial charge in [0.05, 0.1) is 11.0 Å². The third kappa shape index (κ3) is 2.81. The summed E-state index contributed by atoms with van der Waals surface area (Å²) in [6.07, 6.45) is 9.72. The maximum atomic E-state index is 14.0. The number of rotatable bonds is 2. The van der Waals surface area contributed by atoms with Crippen molar-refractivity contribution in [3.63, 3.8) is 0 Å². The number of fused-ring (bicyclic) bond motifs is 3. The van der Waals surface area contributed by atoms with Gasteiger partial charge in [-0.05, 0) is 111 Å². The molecule has 34 heavy (non-hydrogen) atoms. The lowest BCUT2D eigenvalue weighted by atomic mass is 9.42. The zero-order valence-electron chi connectivity index (χ0n) is 21.9. The number of allylic oxidation sites excluding steroid dienone is 7. The van der Waals surface area contributed by atoms with Crippen LogP contribution in [-0.2, 0) is 16.0 Å². The van der Waals surface area contributed by atoms with Crippen molar-refractivity contribution >= 4 is 17.1 Å². The van der Waals surface area contributed by atoms with Gasteiger partial charge in [-0.3, -0.25) is 9.59 Å². The molecule has 4 aliphatic carbocycles. The molecule has 0 fully saturated rings. The second-order valence-electron chi connectivity index (χ2n) is 12.2. The van der Waals surface area contributed by atoms with Gasteiger partial charge in [0.15, 0.2) is 11.6 Å². The second-order valence-corrected chi connectivity index (χ2v) is 12.2. The van der Waals surface area contributed by atoms with Gasteiger partial charge in [0, 0.05) is 5.92 Å². The second kappa shape index (κ2) is 7.26. The largest absolute Gasteiger partial charge is 0.294 e. The normalized spacial score (nSPS) is 34.9. The zero-order chi connectivity index (χ0) is 24.8. The fraction of sp³-hybridized carbons (Fsp3) is 0.500. The first kappa shape index (κ1) is 23.3. The molecule has 1 aromatic carbocycles. The molecule has 0 aromatic heterocycles. The lowest BCUT2D eigenvalue weighted by Crippen LogP contribution is -2.56. The van der Waals surface area contributed by atoms with Gasteiger partial charge in [0.25, 0.3) is 0 Å². The topological polar surface area (TPSA) is 34.1 Å². The average Bonchev–Trinajstić information content (AvgIpc) is 3.24. The van der Waals surface area contributed by atoms with Gasteiger partial charge < -0.3 is 0 Å². The van der Waals surface area contributed by atoms with Gasteiger partial charge >= 0.3 is 0 Å². The van der Waals surface area contributed by atoms with E-state index in [1.165, 1.54) is 41.2 Å². The Labute approximate surface area is 204 Å². The molecule has 178 valence electrons. The van der Waals surface area contributed by atoms with E-state index in [9.17, 15) is 9.59 Å². The third-order valence-electron chi connectivity index (χ3n) is 9.97. The van der Waals surface area contributed by atoms with E-state index in [1.54, 1.807) is 0 Å². The van der Waals surface area contributed by atoms with Crippen molar-refractivity contribution in [3.8, 4) is 0 Å². The Hall–Kier alpha value is -2.48. The molecule has 2 nitrogen and oxygen atoms in total. The van der Waals surface area contributed by atoms with E-state index in [-0.39, 0.29) is 22.4 Å². The molecule has 0 bridgehead atoms. The first-order valence-corrected chi connectivity index (χ1v) is 12.8. The van der Waals surface area contributed by atoms with Crippen LogP contribution in [0.4, 0.5) is 0 Å². The van der Waals surface area contributed by atoms with Gasteiger partial charge in [0.2, 0.25) is 0 Å². The highest BCUT2D eigenvalue weighted by atomic mass is 16.1. The number of ketones is 2. The van der Waals surface area contributed by atoms with Crippen LogP contribution in [0.5, 0.6) is 0 Å². The number of carbonyl (C=O) groups excluding carboxylic acids is 2. The van der Waals surface area contributed by atoms with Crippen molar-refractivity contribution in [2.45, 2.75) is 86.5 Å². The van der Waals surface area contributed by atoms with Gasteiger partial charge in [-0.2, -0.15) is 0 Å². The lowest BCUT2D eigenvalue weighted by Gasteiger charge is -2.60. The summed E-state index contributed by atoms with van der Waals surface area (Å²) in [6, 6.07) is 4.60. The van der Waals surface area contributed by atoms with Crippen LogP contribution < -0.4 is 0 Å². The molecule has 0 heterocycles. The fourth-order valence-corrected chi connectivity index (χ4v) is 8.43. The first-order valence-electron chi connectivity index (χ1n) is 12.8. The Morgan fingerprint density at radius 1 is 1.09 bits per heavy atom. The first-order chi connectivity index (χ1) is 15.9. The highest BCUT2D eigenvalue weighted by molar-refractivity contribution is 6.23. The molecule has 4 atom stereocenters. The van der Waals surface area contributed by atoms with Crippen LogP contribution in [0.25, 0.3) is 5.57 Å². The smallest absolute Gasteiger partial charge is 0.176 e. The summed E-state index contributed by atoms with van der Waals surface area (Å²) in [4.78, 5) is 26.5. The standard InChI is InChI=1S/C32H38O2/c1-18-13-14-24(23-11-9-10-12-23)25-16-30(6)17-31(7)15-19(2)27(22(5)33)29(34)32(31,8)21(4)28(30)20(3)26(18)25/h9,11,13-14,23H,3,10,12,15-17H2,1-2,4-8H3/t23?,30-,31+,32+/m1/s1. The molecule has 0 aliphatic heterocycles. The van der Waals surface area contributed by atoms with Crippen molar-refractivity contribution in [3.05, 3.63) is 75.4 Å². The maximum Gasteiger partial charge on any atom is 0.176 e. The summed E-state index contributed by atoms with van der Waals surface area (Å²) in [5, 5.41) is 0. The summed E-state index contributed by atoms with van der Waals surface area (Å²) in [5.41, 5.74) is 9.34. The van der Waals surface area contributed by atoms with Crippen molar-refractivity contribution in [2.24, 2.45) is 16.2 Å². The van der Waals surface area contributed by atoms with Crippen LogP contribution in [0.1, 0.15) is 95.4 Å². The predicted molar refractivity (Wildman–Crippen MR) is 140 cm³/mol. The third-order valence-corrected chi connectivity index (χ3v) is 9.97. The minimum atomic E-state index is -0.692. The zero-order valence-corrected chi connectivity index (χ0v) is 21.9. The van der Waals surface area contributed by atoms with E-state index in [0.717, 1.165) is 42.4 Å². The quantitative estimate of drug-likeness (QED) is 0.340. The Balaban J connectivity index is 1.76. The molecule has 0 saturated heterocycles. The number of benzene rings is 1. The summed E-state index contributed by atoms with van der Waals surface area (Å²) in [5.74, 6) is 0.398. The van der Waals surface area contributed by atoms with Gasteiger partial charge in [-0.25, -0.2) is 0 Å². The summed E-state index contributed by atoms with van der Waals surface area (Å²) in [6.45, 7) is 19.3. The van der Waals surface area contributed by atoms with E-state index in [2.05, 4.69) is 65.5 Å². The SMILES string of the molecule is C=C1C2=C(C)[C@@]3(C)C(=O)C(C(C)=O)=C(C)C[C@@]3(C)C[C@@]2(C)Cc2c(C3C=CCC3)ccc(C)c21. The minimum absolute atomic E-state index is 0.0125. The van der Waals surface area contributed by atoms with E-state index >= 15 is 0 Å². The Bertz CT molecular complexity index is 1270. The van der Waals surface area contributed by atoms with Crippen LogP contribution in [0, 0.1) is 23.2 Å². The van der Waals surface area contributed by atoms with Gasteiger partial charge in [-0.1, -0.05) is 55.9 Å². The molecule has 0 N–H and O–H groups in total. The monoisotopic (exact) mass is 454 g/mol. The van der Waals surface area contributed by atoms with E-state index in [4.69, 9.17) is 0 Å². The average molecular weight is 455 g/mol. The maximum absolute atomic E-state index is 14.0. The van der Waals surface area contributed by atoms with Crippen LogP contribution in [0.3, 0.4) is 0 Å². The molecule has 0 radical (unpaired) electrons. The van der Waals surface area contributed by atoms with Gasteiger partial charge in [0.1, 0.15) is 0 Å². The van der Waals surface area contributed by atoms with Crippen LogP contribution in [0.2, 0.25) is 0 Å². The van der Waals surface area contributed by atoms with Crippen LogP contribution in [-0.4, -0.2) is 11.6 Å². The molecule has 0 saturated carbocycles. The van der Waals surface area contributed by atoms with Crippen LogP contribution in [0.15, 0.2) is 53.2 Å². The Morgan fingerprint density at radius 3 is 2.41 bits per heavy atom. The molecule has 0 amide bonds. The summed E-state index contributed by atoms with van der Waals surface area (Å²) >= 11 is 0. The predicted octanol–water partition coefficient (Wildman–Crippen LogP) is 7.62. The van der Waals surface area contributed by atoms with E-state index in [0.29, 0.717) is 11.5 Å². The highest BCUT2D eigenvalue weighted by Crippen LogP contribution is 2.68. The fourth-order valence-electron chi connectivity index (χ4n) is 8.43. The molecule has 5 rings (SSSR count). The number of carbonyl (C=O) groups is 2. The molecule has 0 spiro atoms. The number of aryl methyl sites for hydroxylation is 1. The Kier molecular flexibility index (Phi) is 4.97. The van der Waals surface area contributed by atoms with E-state index in [1.807, 2.05) is 6.92 Å². The van der Waals surface area contributed by atoms with Gasteiger partial charge in [-0.15, -0.1) is 0 Å². The van der Waals surface area contributed by atoms with Crippen LogP contribution >= 0.6 is 0 Å². The van der Waals surface area contributed by atoms with Crippen molar-refractivity contribution < 1.29 is 9.59 Å². The number of Topliss-reactive ketones (excluding diaryl/α,β-unsaturated/α-hetero) is 2. The van der Waals surface area contributed by atoms with Crippen molar-refractivity contribution in [2.75, 3.05) is 0 Å². The number of hydrogen-bond donors (Lipinski definition) is 0. The molecular formula is C32H38O2. The minimum Gasteiger partial charge on any atom is -0.294 e. The van der Waals surface area contributed by atoms with Crippen molar-refractivity contribution in [1.29, 1.82) is 0 Å². The molecule has 1 unspecified atom stereocenters. The molecular weight excluding hydrogens is 416 g/mol. The summed E-state index contributed by atoms with van der Waals surface area (Å²) < 4.78 is 0. The molecule has 1 aromatic rings. The van der Waals surface area contributed by atoms with E-state index < -0.39 is 5.41 Å². The molecule has 2 heteroatoms. The number of hydrogen-bond acceptors (Lipinski definition) is 2. The Morgan fingerprint density at radius 2 is 1.79 bits per heavy atom. The molecule has 4 aliphatic rings. The van der Waals surface area contributed by atoms with Crippen molar-refractivity contribution in [1.82, 2.24) is 0 Å².